The Balaban J connectivity index is 2.11. The molecule has 1 heterocycles. The van der Waals surface area contributed by atoms with Crippen molar-refractivity contribution in [2.45, 2.75) is 53.0 Å². The molecule has 6 nitrogen and oxygen atoms in total. The van der Waals surface area contributed by atoms with Crippen LogP contribution < -0.4 is 19.5 Å². The first-order chi connectivity index (χ1) is 13.1. The highest BCUT2D eigenvalue weighted by Crippen LogP contribution is 2.39. The summed E-state index contributed by atoms with van der Waals surface area (Å²) in [4.78, 5) is 15.2. The molecule has 0 bridgehead atoms. The van der Waals surface area contributed by atoms with E-state index >= 15 is 0 Å². The number of nitrogens with zero attached hydrogens (tertiary/aromatic N) is 1. The molecule has 0 radical (unpaired) electrons. The van der Waals surface area contributed by atoms with Gasteiger partial charge in [0.05, 0.1) is 19.8 Å². The first kappa shape index (κ1) is 21.4. The fourth-order valence-electron chi connectivity index (χ4n) is 3.35. The standard InChI is InChI=1S/C21H34N2O4/c1-5-25-18-13-17(14-19(26-6-2)20(18)27-7-3)21(24)22-15-16(4)23-11-9-8-10-12-23/h13-14,16H,5-12,15H2,1-4H3,(H,22,24). The summed E-state index contributed by atoms with van der Waals surface area (Å²) in [5.41, 5.74) is 0.524. The van der Waals surface area contributed by atoms with Crippen LogP contribution in [0.1, 0.15) is 57.3 Å². The summed E-state index contributed by atoms with van der Waals surface area (Å²) in [5, 5.41) is 3.05. The van der Waals surface area contributed by atoms with Crippen molar-refractivity contribution in [1.29, 1.82) is 0 Å². The van der Waals surface area contributed by atoms with E-state index in [1.54, 1.807) is 12.1 Å². The van der Waals surface area contributed by atoms with E-state index in [0.717, 1.165) is 13.1 Å². The summed E-state index contributed by atoms with van der Waals surface area (Å²) in [6, 6.07) is 3.80. The fraction of sp³-hybridized carbons (Fsp3) is 0.667. The van der Waals surface area contributed by atoms with Crippen LogP contribution in [0.3, 0.4) is 0 Å². The summed E-state index contributed by atoms with van der Waals surface area (Å²) in [5.74, 6) is 1.52. The van der Waals surface area contributed by atoms with Gasteiger partial charge in [-0.05, 0) is 65.8 Å². The largest absolute Gasteiger partial charge is 0.490 e. The predicted octanol–water partition coefficient (Wildman–Crippen LogP) is 3.49. The van der Waals surface area contributed by atoms with Crippen LogP contribution in [0.5, 0.6) is 17.2 Å². The van der Waals surface area contributed by atoms with Crippen molar-refractivity contribution >= 4 is 5.91 Å². The first-order valence-corrected chi connectivity index (χ1v) is 10.2. The van der Waals surface area contributed by atoms with E-state index in [0.29, 0.717) is 55.2 Å². The second-order valence-electron chi connectivity index (χ2n) is 6.76. The van der Waals surface area contributed by atoms with Gasteiger partial charge < -0.3 is 19.5 Å². The molecule has 0 spiro atoms. The number of hydrogen-bond donors (Lipinski definition) is 1. The van der Waals surface area contributed by atoms with Crippen LogP contribution >= 0.6 is 0 Å². The Morgan fingerprint density at radius 2 is 1.56 bits per heavy atom. The molecule has 1 saturated heterocycles. The highest BCUT2D eigenvalue weighted by molar-refractivity contribution is 5.95. The molecule has 1 aromatic carbocycles. The molecule has 0 saturated carbocycles. The van der Waals surface area contributed by atoms with Crippen molar-refractivity contribution < 1.29 is 19.0 Å². The zero-order chi connectivity index (χ0) is 19.6. The summed E-state index contributed by atoms with van der Waals surface area (Å²) in [7, 11) is 0. The van der Waals surface area contributed by atoms with E-state index in [2.05, 4.69) is 17.1 Å². The van der Waals surface area contributed by atoms with Gasteiger partial charge in [0.1, 0.15) is 0 Å². The van der Waals surface area contributed by atoms with E-state index in [4.69, 9.17) is 14.2 Å². The van der Waals surface area contributed by atoms with Crippen LogP contribution in [0.4, 0.5) is 0 Å². The van der Waals surface area contributed by atoms with Crippen LogP contribution in [0.25, 0.3) is 0 Å². The maximum Gasteiger partial charge on any atom is 0.251 e. The maximum absolute atomic E-state index is 12.7. The highest BCUT2D eigenvalue weighted by atomic mass is 16.5. The van der Waals surface area contributed by atoms with E-state index in [9.17, 15) is 4.79 Å². The molecule has 1 aliphatic heterocycles. The molecule has 0 aromatic heterocycles. The molecule has 1 atom stereocenters. The zero-order valence-corrected chi connectivity index (χ0v) is 17.2. The van der Waals surface area contributed by atoms with Crippen molar-refractivity contribution in [2.75, 3.05) is 39.5 Å². The molecule has 152 valence electrons. The number of carbonyl (C=O) groups excluding carboxylic acids is 1. The molecular weight excluding hydrogens is 344 g/mol. The topological polar surface area (TPSA) is 60.0 Å². The Labute approximate surface area is 163 Å². The van der Waals surface area contributed by atoms with Crippen LogP contribution in [0.15, 0.2) is 12.1 Å². The summed E-state index contributed by atoms with van der Waals surface area (Å²) < 4.78 is 17.1. The van der Waals surface area contributed by atoms with Gasteiger partial charge in [0.15, 0.2) is 11.5 Å². The van der Waals surface area contributed by atoms with Gasteiger partial charge in [-0.3, -0.25) is 9.69 Å². The van der Waals surface area contributed by atoms with Gasteiger partial charge in [-0.2, -0.15) is 0 Å². The minimum Gasteiger partial charge on any atom is -0.490 e. The number of nitrogens with one attached hydrogen (secondary N) is 1. The molecule has 2 rings (SSSR count). The number of benzene rings is 1. The number of piperidine rings is 1. The molecule has 1 unspecified atom stereocenters. The van der Waals surface area contributed by atoms with E-state index < -0.39 is 0 Å². The normalized spacial score (nSPS) is 15.9. The molecule has 1 aromatic rings. The lowest BCUT2D eigenvalue weighted by Gasteiger charge is -2.32. The van der Waals surface area contributed by atoms with Crippen molar-refractivity contribution in [3.63, 3.8) is 0 Å². The van der Waals surface area contributed by atoms with Gasteiger partial charge in [-0.15, -0.1) is 0 Å². The van der Waals surface area contributed by atoms with Gasteiger partial charge >= 0.3 is 0 Å². The minimum atomic E-state index is -0.121. The average Bonchev–Trinajstić information content (AvgIpc) is 2.69. The zero-order valence-electron chi connectivity index (χ0n) is 17.2. The number of rotatable bonds is 10. The quantitative estimate of drug-likeness (QED) is 0.675. The Morgan fingerprint density at radius 1 is 1.00 bits per heavy atom. The number of carbonyl (C=O) groups is 1. The molecule has 1 amide bonds. The van der Waals surface area contributed by atoms with Gasteiger partial charge in [0.25, 0.3) is 5.91 Å². The average molecular weight is 379 g/mol. The second kappa shape index (κ2) is 11.0. The van der Waals surface area contributed by atoms with Crippen molar-refractivity contribution in [3.8, 4) is 17.2 Å². The minimum absolute atomic E-state index is 0.121. The van der Waals surface area contributed by atoms with Gasteiger partial charge in [0.2, 0.25) is 5.75 Å². The van der Waals surface area contributed by atoms with Gasteiger partial charge in [-0.25, -0.2) is 0 Å². The van der Waals surface area contributed by atoms with Crippen LogP contribution in [-0.4, -0.2) is 56.3 Å². The monoisotopic (exact) mass is 378 g/mol. The van der Waals surface area contributed by atoms with E-state index in [1.165, 1.54) is 19.3 Å². The second-order valence-corrected chi connectivity index (χ2v) is 6.76. The fourth-order valence-corrected chi connectivity index (χ4v) is 3.35. The molecule has 27 heavy (non-hydrogen) atoms. The van der Waals surface area contributed by atoms with Gasteiger partial charge in [-0.1, -0.05) is 6.42 Å². The third kappa shape index (κ3) is 6.03. The predicted molar refractivity (Wildman–Crippen MR) is 107 cm³/mol. The van der Waals surface area contributed by atoms with Gasteiger partial charge in [0, 0.05) is 18.2 Å². The Hall–Kier alpha value is -1.95. The molecule has 6 heteroatoms. The number of likely N-dealkylation sites (tertiary alicyclic amines) is 1. The van der Waals surface area contributed by atoms with Crippen LogP contribution in [-0.2, 0) is 0 Å². The summed E-state index contributed by atoms with van der Waals surface area (Å²) in [6.45, 7) is 12.2. The SMILES string of the molecule is CCOc1cc(C(=O)NCC(C)N2CCCCC2)cc(OCC)c1OCC. The number of amides is 1. The van der Waals surface area contributed by atoms with Crippen molar-refractivity contribution in [3.05, 3.63) is 17.7 Å². The third-order valence-electron chi connectivity index (χ3n) is 4.74. The maximum atomic E-state index is 12.7. The first-order valence-electron chi connectivity index (χ1n) is 10.2. The molecule has 1 fully saturated rings. The lowest BCUT2D eigenvalue weighted by molar-refractivity contribution is 0.0929. The summed E-state index contributed by atoms with van der Waals surface area (Å²) in [6.07, 6.45) is 3.79. The van der Waals surface area contributed by atoms with Crippen LogP contribution in [0.2, 0.25) is 0 Å². The Morgan fingerprint density at radius 3 is 2.07 bits per heavy atom. The lowest BCUT2D eigenvalue weighted by atomic mass is 10.1. The van der Waals surface area contributed by atoms with E-state index in [1.807, 2.05) is 20.8 Å². The van der Waals surface area contributed by atoms with Crippen molar-refractivity contribution in [1.82, 2.24) is 10.2 Å². The molecule has 0 aliphatic carbocycles. The smallest absolute Gasteiger partial charge is 0.251 e. The third-order valence-corrected chi connectivity index (χ3v) is 4.74. The summed E-state index contributed by atoms with van der Waals surface area (Å²) >= 11 is 0. The highest BCUT2D eigenvalue weighted by Gasteiger charge is 2.20. The molecule has 1 N–H and O–H groups in total. The Bertz CT molecular complexity index is 573. The number of ether oxygens (including phenoxy) is 3. The van der Waals surface area contributed by atoms with Crippen LogP contribution in [0, 0.1) is 0 Å². The van der Waals surface area contributed by atoms with E-state index in [-0.39, 0.29) is 5.91 Å². The lowest BCUT2D eigenvalue weighted by Crippen LogP contribution is -2.44. The Kier molecular flexibility index (Phi) is 8.72. The van der Waals surface area contributed by atoms with Crippen molar-refractivity contribution in [2.24, 2.45) is 0 Å². The molecule has 1 aliphatic rings. The number of hydrogen-bond acceptors (Lipinski definition) is 5. The molecular formula is C21H34N2O4.